The minimum Gasteiger partial charge on any atom is -0.465 e. The SMILES string of the molecule is COC(=O)c1cccc2c1oc1ccc(C(=O)CCl)cc12. The van der Waals surface area contributed by atoms with Crippen molar-refractivity contribution in [2.24, 2.45) is 0 Å². The fourth-order valence-electron chi connectivity index (χ4n) is 2.32. The predicted molar refractivity (Wildman–Crippen MR) is 80.1 cm³/mol. The predicted octanol–water partition coefficient (Wildman–Crippen LogP) is 3.79. The number of ketones is 1. The van der Waals surface area contributed by atoms with Gasteiger partial charge in [0.2, 0.25) is 0 Å². The zero-order valence-electron chi connectivity index (χ0n) is 11.2. The van der Waals surface area contributed by atoms with Crippen molar-refractivity contribution in [1.29, 1.82) is 0 Å². The minimum atomic E-state index is -0.461. The summed E-state index contributed by atoms with van der Waals surface area (Å²) in [5.41, 5.74) is 1.93. The molecule has 2 aromatic carbocycles. The molecule has 0 amide bonds. The molecule has 106 valence electrons. The summed E-state index contributed by atoms with van der Waals surface area (Å²) in [5, 5.41) is 1.53. The van der Waals surface area contributed by atoms with Crippen LogP contribution in [-0.4, -0.2) is 24.7 Å². The molecule has 4 nitrogen and oxygen atoms in total. The highest BCUT2D eigenvalue weighted by atomic mass is 35.5. The topological polar surface area (TPSA) is 56.5 Å². The molecule has 0 spiro atoms. The van der Waals surface area contributed by atoms with Gasteiger partial charge in [0, 0.05) is 16.3 Å². The van der Waals surface area contributed by atoms with Gasteiger partial charge in [-0.2, -0.15) is 0 Å². The Balaban J connectivity index is 2.31. The molecule has 0 N–H and O–H groups in total. The minimum absolute atomic E-state index is 0.0747. The highest BCUT2D eigenvalue weighted by Crippen LogP contribution is 2.32. The van der Waals surface area contributed by atoms with Crippen molar-refractivity contribution in [3.8, 4) is 0 Å². The van der Waals surface area contributed by atoms with Crippen LogP contribution in [0.3, 0.4) is 0 Å². The number of carbonyl (C=O) groups excluding carboxylic acids is 2. The first kappa shape index (κ1) is 13.6. The second-order valence-electron chi connectivity index (χ2n) is 4.54. The summed E-state index contributed by atoms with van der Waals surface area (Å²) in [7, 11) is 1.32. The van der Waals surface area contributed by atoms with E-state index in [2.05, 4.69) is 0 Å². The molecule has 0 aliphatic heterocycles. The second-order valence-corrected chi connectivity index (χ2v) is 4.81. The average molecular weight is 303 g/mol. The van der Waals surface area contributed by atoms with E-state index in [1.807, 2.05) is 6.07 Å². The van der Waals surface area contributed by atoms with E-state index in [1.165, 1.54) is 7.11 Å². The van der Waals surface area contributed by atoms with Crippen LogP contribution in [-0.2, 0) is 4.74 Å². The van der Waals surface area contributed by atoms with Crippen LogP contribution in [0.25, 0.3) is 21.9 Å². The molecule has 0 aliphatic rings. The van der Waals surface area contributed by atoms with Gasteiger partial charge in [0.25, 0.3) is 0 Å². The van der Waals surface area contributed by atoms with Crippen LogP contribution >= 0.6 is 11.6 Å². The maximum absolute atomic E-state index is 11.8. The molecule has 0 unspecified atom stereocenters. The number of halogens is 1. The number of methoxy groups -OCH3 is 1. The molecule has 0 radical (unpaired) electrons. The van der Waals surface area contributed by atoms with Crippen LogP contribution in [0.4, 0.5) is 0 Å². The fourth-order valence-corrected chi connectivity index (χ4v) is 2.47. The number of ether oxygens (including phenoxy) is 1. The third-order valence-corrected chi connectivity index (χ3v) is 3.59. The van der Waals surface area contributed by atoms with Crippen LogP contribution in [0.15, 0.2) is 40.8 Å². The largest absolute Gasteiger partial charge is 0.465 e. The Kier molecular flexibility index (Phi) is 3.39. The third-order valence-electron chi connectivity index (χ3n) is 3.35. The number of hydrogen-bond donors (Lipinski definition) is 0. The lowest BCUT2D eigenvalue weighted by molar-refractivity contribution is 0.0601. The molecule has 3 rings (SSSR count). The van der Waals surface area contributed by atoms with Crippen LogP contribution < -0.4 is 0 Å². The summed E-state index contributed by atoms with van der Waals surface area (Å²) >= 11 is 5.58. The van der Waals surface area contributed by atoms with E-state index in [0.717, 1.165) is 10.8 Å². The molecular weight excluding hydrogens is 292 g/mol. The number of alkyl halides is 1. The van der Waals surface area contributed by atoms with E-state index < -0.39 is 5.97 Å². The lowest BCUT2D eigenvalue weighted by Crippen LogP contribution is -2.00. The van der Waals surface area contributed by atoms with E-state index in [4.69, 9.17) is 20.8 Å². The molecule has 1 heterocycles. The van der Waals surface area contributed by atoms with Crippen molar-refractivity contribution in [2.45, 2.75) is 0 Å². The maximum Gasteiger partial charge on any atom is 0.341 e. The van der Waals surface area contributed by atoms with Gasteiger partial charge in [-0.15, -0.1) is 11.6 Å². The fraction of sp³-hybridized carbons (Fsp3) is 0.125. The molecule has 0 aliphatic carbocycles. The first-order valence-electron chi connectivity index (χ1n) is 6.28. The standard InChI is InChI=1S/C16H11ClO4/c1-20-16(19)11-4-2-3-10-12-7-9(13(18)8-17)5-6-14(12)21-15(10)11/h2-7H,8H2,1H3. The van der Waals surface area contributed by atoms with Gasteiger partial charge >= 0.3 is 5.97 Å². The summed E-state index contributed by atoms with van der Waals surface area (Å²) in [6.07, 6.45) is 0. The number of fused-ring (bicyclic) bond motifs is 3. The van der Waals surface area contributed by atoms with E-state index in [9.17, 15) is 9.59 Å². The molecular formula is C16H11ClO4. The van der Waals surface area contributed by atoms with Crippen molar-refractivity contribution in [1.82, 2.24) is 0 Å². The smallest absolute Gasteiger partial charge is 0.341 e. The molecule has 0 saturated carbocycles. The Labute approximate surface area is 125 Å². The lowest BCUT2D eigenvalue weighted by Gasteiger charge is -1.99. The Morgan fingerprint density at radius 2 is 2.00 bits per heavy atom. The van der Waals surface area contributed by atoms with Gasteiger partial charge in [-0.05, 0) is 24.3 Å². The summed E-state index contributed by atoms with van der Waals surface area (Å²) in [4.78, 5) is 23.5. The number of benzene rings is 2. The Morgan fingerprint density at radius 3 is 2.71 bits per heavy atom. The van der Waals surface area contributed by atoms with Crippen LogP contribution in [0.2, 0.25) is 0 Å². The van der Waals surface area contributed by atoms with Gasteiger partial charge < -0.3 is 9.15 Å². The van der Waals surface area contributed by atoms with Gasteiger partial charge in [0.05, 0.1) is 13.0 Å². The number of rotatable bonds is 3. The number of furan rings is 1. The second kappa shape index (κ2) is 5.22. The lowest BCUT2D eigenvalue weighted by atomic mass is 10.1. The zero-order chi connectivity index (χ0) is 15.0. The number of carbonyl (C=O) groups is 2. The van der Waals surface area contributed by atoms with Gasteiger partial charge in [-0.1, -0.05) is 12.1 Å². The summed E-state index contributed by atoms with van der Waals surface area (Å²) in [6.45, 7) is 0. The average Bonchev–Trinajstić information content (AvgIpc) is 2.91. The summed E-state index contributed by atoms with van der Waals surface area (Å²) < 4.78 is 10.5. The molecule has 21 heavy (non-hydrogen) atoms. The molecule has 0 fully saturated rings. The van der Waals surface area contributed by atoms with Gasteiger partial charge in [-0.3, -0.25) is 4.79 Å². The van der Waals surface area contributed by atoms with Crippen molar-refractivity contribution >= 4 is 45.3 Å². The van der Waals surface area contributed by atoms with Crippen molar-refractivity contribution in [2.75, 3.05) is 13.0 Å². The molecule has 3 aromatic rings. The van der Waals surface area contributed by atoms with Crippen LogP contribution in [0, 0.1) is 0 Å². The first-order valence-corrected chi connectivity index (χ1v) is 6.82. The van der Waals surface area contributed by atoms with Gasteiger partial charge in [0.1, 0.15) is 16.7 Å². The van der Waals surface area contributed by atoms with Crippen LogP contribution in [0.5, 0.6) is 0 Å². The normalized spacial score (nSPS) is 11.0. The molecule has 0 saturated heterocycles. The Hall–Kier alpha value is -2.33. The zero-order valence-corrected chi connectivity index (χ0v) is 11.9. The first-order chi connectivity index (χ1) is 10.2. The van der Waals surface area contributed by atoms with Crippen molar-refractivity contribution < 1.29 is 18.7 Å². The summed E-state index contributed by atoms with van der Waals surface area (Å²) in [5.74, 6) is -0.692. The van der Waals surface area contributed by atoms with E-state index in [0.29, 0.717) is 22.3 Å². The molecule has 1 aromatic heterocycles. The van der Waals surface area contributed by atoms with E-state index >= 15 is 0 Å². The number of Topliss-reactive ketones (excluding diaryl/α,β-unsaturated/α-hetero) is 1. The van der Waals surface area contributed by atoms with Crippen LogP contribution in [0.1, 0.15) is 20.7 Å². The Bertz CT molecular complexity index is 863. The van der Waals surface area contributed by atoms with Crippen molar-refractivity contribution in [3.05, 3.63) is 47.5 Å². The monoisotopic (exact) mass is 302 g/mol. The highest BCUT2D eigenvalue weighted by Gasteiger charge is 2.17. The number of hydrogen-bond acceptors (Lipinski definition) is 4. The van der Waals surface area contributed by atoms with E-state index in [1.54, 1.807) is 30.3 Å². The summed E-state index contributed by atoms with van der Waals surface area (Å²) in [6, 6.07) is 10.3. The van der Waals surface area contributed by atoms with Crippen molar-refractivity contribution in [3.63, 3.8) is 0 Å². The molecule has 0 atom stereocenters. The number of esters is 1. The third kappa shape index (κ3) is 2.17. The number of para-hydroxylation sites is 1. The van der Waals surface area contributed by atoms with E-state index in [-0.39, 0.29) is 11.7 Å². The maximum atomic E-state index is 11.8. The van der Waals surface area contributed by atoms with Gasteiger partial charge in [0.15, 0.2) is 5.78 Å². The molecule has 5 heteroatoms. The molecule has 0 bridgehead atoms. The highest BCUT2D eigenvalue weighted by molar-refractivity contribution is 6.30. The Morgan fingerprint density at radius 1 is 1.19 bits per heavy atom. The quantitative estimate of drug-likeness (QED) is 0.419. The van der Waals surface area contributed by atoms with Gasteiger partial charge in [-0.25, -0.2) is 4.79 Å².